The van der Waals surface area contributed by atoms with Gasteiger partial charge in [-0.3, -0.25) is 9.59 Å². The standard InChI is InChI=1S/C19H19ClN2O2S/c20-15-6-3-4-13(10-15)11-21-18(23)12-25-17-9-8-14-5-1-2-7-16(14)22-19(17)24/h1-7,10,17H,8-9,11-12H2,(H,21,23)(H,22,24)/t17-/m1/s1. The molecule has 1 aliphatic heterocycles. The molecule has 4 nitrogen and oxygen atoms in total. The van der Waals surface area contributed by atoms with E-state index < -0.39 is 0 Å². The lowest BCUT2D eigenvalue weighted by Gasteiger charge is -2.13. The first-order chi connectivity index (χ1) is 12.1. The lowest BCUT2D eigenvalue weighted by molar-refractivity contribution is -0.118. The molecule has 1 aliphatic rings. The molecular weight excluding hydrogens is 356 g/mol. The predicted molar refractivity (Wildman–Crippen MR) is 103 cm³/mol. The molecular formula is C19H19ClN2O2S. The maximum Gasteiger partial charge on any atom is 0.237 e. The first-order valence-electron chi connectivity index (χ1n) is 8.13. The largest absolute Gasteiger partial charge is 0.351 e. The number of carbonyl (C=O) groups excluding carboxylic acids is 2. The number of fused-ring (bicyclic) bond motifs is 1. The van der Waals surface area contributed by atoms with Gasteiger partial charge in [0, 0.05) is 17.3 Å². The van der Waals surface area contributed by atoms with Crippen LogP contribution in [0.5, 0.6) is 0 Å². The summed E-state index contributed by atoms with van der Waals surface area (Å²) in [5, 5.41) is 6.25. The molecule has 2 N–H and O–H groups in total. The minimum atomic E-state index is -0.218. The Kier molecular flexibility index (Phi) is 6.00. The highest BCUT2D eigenvalue weighted by atomic mass is 35.5. The Morgan fingerprint density at radius 2 is 2.08 bits per heavy atom. The Morgan fingerprint density at radius 3 is 2.92 bits per heavy atom. The van der Waals surface area contributed by atoms with Gasteiger partial charge in [0.15, 0.2) is 0 Å². The van der Waals surface area contributed by atoms with Crippen molar-refractivity contribution in [3.8, 4) is 0 Å². The van der Waals surface area contributed by atoms with Crippen molar-refractivity contribution in [1.82, 2.24) is 5.32 Å². The van der Waals surface area contributed by atoms with Gasteiger partial charge in [-0.25, -0.2) is 0 Å². The molecule has 1 heterocycles. The van der Waals surface area contributed by atoms with E-state index in [2.05, 4.69) is 10.6 Å². The van der Waals surface area contributed by atoms with E-state index in [-0.39, 0.29) is 22.8 Å². The fourth-order valence-electron chi connectivity index (χ4n) is 2.73. The minimum absolute atomic E-state index is 0.0300. The molecule has 0 radical (unpaired) electrons. The van der Waals surface area contributed by atoms with Crippen LogP contribution in [0.4, 0.5) is 5.69 Å². The number of amides is 2. The molecule has 0 spiro atoms. The number of hydrogen-bond donors (Lipinski definition) is 2. The van der Waals surface area contributed by atoms with Crippen molar-refractivity contribution in [3.05, 3.63) is 64.7 Å². The Labute approximate surface area is 156 Å². The van der Waals surface area contributed by atoms with Crippen LogP contribution in [-0.4, -0.2) is 22.8 Å². The van der Waals surface area contributed by atoms with Gasteiger partial charge in [0.05, 0.1) is 11.0 Å². The third-order valence-electron chi connectivity index (χ3n) is 4.04. The molecule has 0 unspecified atom stereocenters. The number of nitrogens with one attached hydrogen (secondary N) is 2. The average Bonchev–Trinajstić information content (AvgIpc) is 2.76. The molecule has 0 saturated heterocycles. The number of thioether (sulfide) groups is 1. The van der Waals surface area contributed by atoms with Crippen molar-refractivity contribution >= 4 is 40.9 Å². The quantitative estimate of drug-likeness (QED) is 0.840. The molecule has 3 rings (SSSR count). The molecule has 0 saturated carbocycles. The molecule has 2 aromatic carbocycles. The van der Waals surface area contributed by atoms with Gasteiger partial charge in [-0.2, -0.15) is 0 Å². The highest BCUT2D eigenvalue weighted by Crippen LogP contribution is 2.27. The minimum Gasteiger partial charge on any atom is -0.351 e. The highest BCUT2D eigenvalue weighted by molar-refractivity contribution is 8.01. The number of halogens is 1. The number of rotatable bonds is 5. The van der Waals surface area contributed by atoms with Gasteiger partial charge >= 0.3 is 0 Å². The van der Waals surface area contributed by atoms with Crippen LogP contribution in [0.25, 0.3) is 0 Å². The van der Waals surface area contributed by atoms with E-state index in [0.717, 1.165) is 29.7 Å². The van der Waals surface area contributed by atoms with Gasteiger partial charge in [-0.1, -0.05) is 41.9 Å². The number of hydrogen-bond acceptors (Lipinski definition) is 3. The van der Waals surface area contributed by atoms with Gasteiger partial charge in [0.25, 0.3) is 0 Å². The zero-order valence-corrected chi connectivity index (χ0v) is 15.2. The lowest BCUT2D eigenvalue weighted by atomic mass is 10.1. The molecule has 1 atom stereocenters. The van der Waals surface area contributed by atoms with Crippen molar-refractivity contribution in [2.24, 2.45) is 0 Å². The van der Waals surface area contributed by atoms with Crippen molar-refractivity contribution < 1.29 is 9.59 Å². The molecule has 2 amide bonds. The summed E-state index contributed by atoms with van der Waals surface area (Å²) in [4.78, 5) is 24.4. The van der Waals surface area contributed by atoms with E-state index in [4.69, 9.17) is 11.6 Å². The fourth-order valence-corrected chi connectivity index (χ4v) is 3.89. The maximum atomic E-state index is 12.3. The Morgan fingerprint density at radius 1 is 1.24 bits per heavy atom. The molecule has 0 bridgehead atoms. The summed E-state index contributed by atoms with van der Waals surface area (Å²) in [5.74, 6) is 0.145. The van der Waals surface area contributed by atoms with Crippen molar-refractivity contribution in [2.75, 3.05) is 11.1 Å². The predicted octanol–water partition coefficient (Wildman–Crippen LogP) is 3.64. The van der Waals surface area contributed by atoms with Crippen molar-refractivity contribution in [3.63, 3.8) is 0 Å². The third kappa shape index (κ3) is 5.00. The normalized spacial score (nSPS) is 16.5. The summed E-state index contributed by atoms with van der Waals surface area (Å²) in [6.45, 7) is 0.433. The second-order valence-electron chi connectivity index (χ2n) is 5.89. The second kappa shape index (κ2) is 8.41. The van der Waals surface area contributed by atoms with E-state index >= 15 is 0 Å². The Balaban J connectivity index is 1.48. The Hall–Kier alpha value is -1.98. The maximum absolute atomic E-state index is 12.3. The summed E-state index contributed by atoms with van der Waals surface area (Å²) in [6.07, 6.45) is 1.56. The van der Waals surface area contributed by atoms with E-state index in [1.165, 1.54) is 11.8 Å². The van der Waals surface area contributed by atoms with Crippen molar-refractivity contribution in [2.45, 2.75) is 24.6 Å². The number of aryl methyl sites for hydroxylation is 1. The topological polar surface area (TPSA) is 58.2 Å². The van der Waals surface area contributed by atoms with E-state index in [1.807, 2.05) is 42.5 Å². The zero-order chi connectivity index (χ0) is 17.6. The molecule has 0 aromatic heterocycles. The molecule has 2 aromatic rings. The van der Waals surface area contributed by atoms with Crippen LogP contribution in [0.2, 0.25) is 5.02 Å². The van der Waals surface area contributed by atoms with Crippen LogP contribution in [0.3, 0.4) is 0 Å². The summed E-state index contributed by atoms with van der Waals surface area (Å²) in [7, 11) is 0. The van der Waals surface area contributed by atoms with Gasteiger partial charge in [-0.05, 0) is 42.2 Å². The molecule has 0 aliphatic carbocycles. The highest BCUT2D eigenvalue weighted by Gasteiger charge is 2.24. The first-order valence-corrected chi connectivity index (χ1v) is 9.56. The van der Waals surface area contributed by atoms with Gasteiger partial charge < -0.3 is 10.6 Å². The lowest BCUT2D eigenvalue weighted by Crippen LogP contribution is -2.29. The number of benzene rings is 2. The van der Waals surface area contributed by atoms with Crippen LogP contribution < -0.4 is 10.6 Å². The Bertz CT molecular complexity index is 782. The van der Waals surface area contributed by atoms with Gasteiger partial charge in [-0.15, -0.1) is 11.8 Å². The van der Waals surface area contributed by atoms with Gasteiger partial charge in [0.1, 0.15) is 0 Å². The van der Waals surface area contributed by atoms with Crippen LogP contribution in [0.15, 0.2) is 48.5 Å². The van der Waals surface area contributed by atoms with Crippen molar-refractivity contribution in [1.29, 1.82) is 0 Å². The number of carbonyl (C=O) groups is 2. The van der Waals surface area contributed by atoms with Crippen LogP contribution >= 0.6 is 23.4 Å². The summed E-state index contributed by atoms with van der Waals surface area (Å²) in [5.41, 5.74) is 2.97. The fraction of sp³-hybridized carbons (Fsp3) is 0.263. The van der Waals surface area contributed by atoms with E-state index in [0.29, 0.717) is 11.6 Å². The first kappa shape index (κ1) is 17.8. The molecule has 130 valence electrons. The zero-order valence-electron chi connectivity index (χ0n) is 13.6. The molecule has 25 heavy (non-hydrogen) atoms. The monoisotopic (exact) mass is 374 g/mol. The van der Waals surface area contributed by atoms with Crippen LogP contribution in [0, 0.1) is 0 Å². The summed E-state index contributed by atoms with van der Waals surface area (Å²) < 4.78 is 0. The van der Waals surface area contributed by atoms with Crippen LogP contribution in [-0.2, 0) is 22.6 Å². The average molecular weight is 375 g/mol. The van der Waals surface area contributed by atoms with Crippen LogP contribution in [0.1, 0.15) is 17.5 Å². The van der Waals surface area contributed by atoms with E-state index in [9.17, 15) is 9.59 Å². The smallest absolute Gasteiger partial charge is 0.237 e. The SMILES string of the molecule is O=C(CS[C@@H]1CCc2ccccc2NC1=O)NCc1cccc(Cl)c1. The number of para-hydroxylation sites is 1. The summed E-state index contributed by atoms with van der Waals surface area (Å²) >= 11 is 7.32. The van der Waals surface area contributed by atoms with Gasteiger partial charge in [0.2, 0.25) is 11.8 Å². The molecule has 6 heteroatoms. The summed E-state index contributed by atoms with van der Waals surface area (Å²) in [6, 6.07) is 15.2. The number of anilines is 1. The van der Waals surface area contributed by atoms with E-state index in [1.54, 1.807) is 6.07 Å². The third-order valence-corrected chi connectivity index (χ3v) is 5.55. The second-order valence-corrected chi connectivity index (χ2v) is 7.52. The molecule has 0 fully saturated rings.